The molecule has 88 valence electrons. The molecule has 0 bridgehead atoms. The van der Waals surface area contributed by atoms with E-state index in [2.05, 4.69) is 0 Å². The fourth-order valence-corrected chi connectivity index (χ4v) is 1.23. The van der Waals surface area contributed by atoms with Crippen LogP contribution in [0.3, 0.4) is 0 Å². The first-order valence-corrected chi connectivity index (χ1v) is 4.86. The smallest absolute Gasteiger partial charge is 0.344 e. The summed E-state index contributed by atoms with van der Waals surface area (Å²) in [5.41, 5.74) is 6.24. The Bertz CT molecular complexity index is 393. The predicted octanol–water partition coefficient (Wildman–Crippen LogP) is 1.70. The van der Waals surface area contributed by atoms with Gasteiger partial charge >= 0.3 is 5.97 Å². The molecular formula is C11H14FNO3. The zero-order valence-electron chi connectivity index (χ0n) is 9.11. The first-order chi connectivity index (χ1) is 7.41. The van der Waals surface area contributed by atoms with Gasteiger partial charge < -0.3 is 15.6 Å². The van der Waals surface area contributed by atoms with Gasteiger partial charge in [0.2, 0.25) is 0 Å². The molecule has 1 aromatic carbocycles. The van der Waals surface area contributed by atoms with Crippen molar-refractivity contribution in [2.45, 2.75) is 26.0 Å². The third-order valence-corrected chi connectivity index (χ3v) is 2.12. The minimum Gasteiger partial charge on any atom is -0.479 e. The lowest BCUT2D eigenvalue weighted by Gasteiger charge is -2.16. The number of halogens is 1. The largest absolute Gasteiger partial charge is 0.479 e. The fraction of sp³-hybridized carbons (Fsp3) is 0.364. The van der Waals surface area contributed by atoms with E-state index in [0.29, 0.717) is 5.56 Å². The summed E-state index contributed by atoms with van der Waals surface area (Å²) in [6, 6.07) is 3.54. The maximum atomic E-state index is 13.0. The minimum absolute atomic E-state index is 0.171. The second kappa shape index (κ2) is 4.94. The van der Waals surface area contributed by atoms with Gasteiger partial charge in [-0.05, 0) is 19.9 Å². The first-order valence-electron chi connectivity index (χ1n) is 4.86. The zero-order valence-corrected chi connectivity index (χ0v) is 9.11. The lowest BCUT2D eigenvalue weighted by atomic mass is 10.1. The summed E-state index contributed by atoms with van der Waals surface area (Å²) in [6.45, 7) is 3.09. The van der Waals surface area contributed by atoms with Crippen molar-refractivity contribution >= 4 is 5.97 Å². The van der Waals surface area contributed by atoms with Crippen LogP contribution in [0, 0.1) is 5.82 Å². The Hall–Kier alpha value is -1.62. The summed E-state index contributed by atoms with van der Waals surface area (Å²) in [7, 11) is 0. The Morgan fingerprint density at radius 1 is 1.50 bits per heavy atom. The van der Waals surface area contributed by atoms with Crippen LogP contribution in [0.1, 0.15) is 25.5 Å². The zero-order chi connectivity index (χ0) is 12.3. The SMILES string of the molecule is CC(Oc1cc(F)ccc1[C@@H](C)N)C(=O)O. The number of nitrogens with two attached hydrogens (primary N) is 1. The second-order valence-corrected chi connectivity index (χ2v) is 3.57. The Morgan fingerprint density at radius 3 is 2.62 bits per heavy atom. The third kappa shape index (κ3) is 2.93. The molecule has 0 aliphatic carbocycles. The van der Waals surface area contributed by atoms with Gasteiger partial charge in [0.1, 0.15) is 11.6 Å². The number of hydrogen-bond acceptors (Lipinski definition) is 3. The molecule has 0 saturated heterocycles. The molecule has 0 spiro atoms. The summed E-state index contributed by atoms with van der Waals surface area (Å²) >= 11 is 0. The van der Waals surface area contributed by atoms with Gasteiger partial charge in [0.05, 0.1) is 0 Å². The van der Waals surface area contributed by atoms with Crippen molar-refractivity contribution in [3.63, 3.8) is 0 Å². The number of benzene rings is 1. The molecule has 2 atom stereocenters. The van der Waals surface area contributed by atoms with Crippen LogP contribution >= 0.6 is 0 Å². The van der Waals surface area contributed by atoms with Crippen molar-refractivity contribution < 1.29 is 19.0 Å². The van der Waals surface area contributed by atoms with Crippen LogP contribution in [-0.4, -0.2) is 17.2 Å². The molecule has 0 aliphatic heterocycles. The van der Waals surface area contributed by atoms with Gasteiger partial charge in [0, 0.05) is 17.7 Å². The molecule has 0 heterocycles. The van der Waals surface area contributed by atoms with Crippen LogP contribution in [0.5, 0.6) is 5.75 Å². The number of carboxylic acids is 1. The predicted molar refractivity (Wildman–Crippen MR) is 56.7 cm³/mol. The molecule has 3 N–H and O–H groups in total. The Morgan fingerprint density at radius 2 is 2.12 bits per heavy atom. The number of carboxylic acid groups (broad SMARTS) is 1. The molecule has 16 heavy (non-hydrogen) atoms. The number of ether oxygens (including phenoxy) is 1. The van der Waals surface area contributed by atoms with Gasteiger partial charge in [-0.1, -0.05) is 6.07 Å². The molecule has 0 radical (unpaired) electrons. The van der Waals surface area contributed by atoms with Crippen LogP contribution in [0.25, 0.3) is 0 Å². The standard InChI is InChI=1S/C11H14FNO3/c1-6(13)9-4-3-8(12)5-10(9)16-7(2)11(14)15/h3-7H,13H2,1-2H3,(H,14,15)/t6-,7?/m1/s1. The van der Waals surface area contributed by atoms with E-state index in [4.69, 9.17) is 15.6 Å². The molecule has 5 heteroatoms. The average Bonchev–Trinajstić information content (AvgIpc) is 2.16. The molecule has 1 rings (SSSR count). The van der Waals surface area contributed by atoms with Crippen molar-refractivity contribution in [2.75, 3.05) is 0 Å². The monoisotopic (exact) mass is 227 g/mol. The van der Waals surface area contributed by atoms with Crippen LogP contribution in [0.4, 0.5) is 4.39 Å². The van der Waals surface area contributed by atoms with Crippen molar-refractivity contribution in [3.8, 4) is 5.75 Å². The average molecular weight is 227 g/mol. The van der Waals surface area contributed by atoms with Gasteiger partial charge in [0.15, 0.2) is 6.10 Å². The van der Waals surface area contributed by atoms with E-state index >= 15 is 0 Å². The highest BCUT2D eigenvalue weighted by atomic mass is 19.1. The number of hydrogen-bond donors (Lipinski definition) is 2. The van der Waals surface area contributed by atoms with Crippen LogP contribution in [0.15, 0.2) is 18.2 Å². The van der Waals surface area contributed by atoms with E-state index in [1.807, 2.05) is 0 Å². The van der Waals surface area contributed by atoms with Crippen molar-refractivity contribution in [2.24, 2.45) is 5.73 Å². The molecule has 0 fully saturated rings. The van der Waals surface area contributed by atoms with Crippen LogP contribution in [-0.2, 0) is 4.79 Å². The third-order valence-electron chi connectivity index (χ3n) is 2.12. The highest BCUT2D eigenvalue weighted by molar-refractivity contribution is 5.72. The lowest BCUT2D eigenvalue weighted by molar-refractivity contribution is -0.144. The quantitative estimate of drug-likeness (QED) is 0.821. The van der Waals surface area contributed by atoms with E-state index in [1.54, 1.807) is 6.92 Å². The van der Waals surface area contributed by atoms with Crippen molar-refractivity contribution in [3.05, 3.63) is 29.6 Å². The molecule has 1 aromatic rings. The van der Waals surface area contributed by atoms with Crippen LogP contribution in [0.2, 0.25) is 0 Å². The van der Waals surface area contributed by atoms with E-state index in [9.17, 15) is 9.18 Å². The van der Waals surface area contributed by atoms with E-state index in [0.717, 1.165) is 6.07 Å². The van der Waals surface area contributed by atoms with Gasteiger partial charge in [-0.3, -0.25) is 0 Å². The molecular weight excluding hydrogens is 213 g/mol. The van der Waals surface area contributed by atoms with Crippen LogP contribution < -0.4 is 10.5 Å². The van der Waals surface area contributed by atoms with Crippen molar-refractivity contribution in [1.82, 2.24) is 0 Å². The van der Waals surface area contributed by atoms with E-state index in [-0.39, 0.29) is 11.8 Å². The minimum atomic E-state index is -1.11. The number of rotatable bonds is 4. The topological polar surface area (TPSA) is 72.5 Å². The number of aliphatic carboxylic acids is 1. The Balaban J connectivity index is 3.01. The fourth-order valence-electron chi connectivity index (χ4n) is 1.23. The molecule has 0 aliphatic rings. The Labute approximate surface area is 92.8 Å². The Kier molecular flexibility index (Phi) is 3.84. The van der Waals surface area contributed by atoms with Gasteiger partial charge in [0.25, 0.3) is 0 Å². The molecule has 0 amide bonds. The summed E-state index contributed by atoms with van der Waals surface area (Å²) in [5, 5.41) is 8.69. The molecule has 4 nitrogen and oxygen atoms in total. The van der Waals surface area contributed by atoms with E-state index in [1.165, 1.54) is 19.1 Å². The second-order valence-electron chi connectivity index (χ2n) is 3.57. The number of carbonyl (C=O) groups is 1. The molecule has 0 aromatic heterocycles. The van der Waals surface area contributed by atoms with Gasteiger partial charge in [-0.15, -0.1) is 0 Å². The summed E-state index contributed by atoms with van der Waals surface area (Å²) in [5.74, 6) is -1.43. The van der Waals surface area contributed by atoms with Gasteiger partial charge in [-0.2, -0.15) is 0 Å². The maximum absolute atomic E-state index is 13.0. The summed E-state index contributed by atoms with van der Waals surface area (Å²) in [6.07, 6.45) is -1.04. The first kappa shape index (κ1) is 12.4. The van der Waals surface area contributed by atoms with Crippen molar-refractivity contribution in [1.29, 1.82) is 0 Å². The maximum Gasteiger partial charge on any atom is 0.344 e. The summed E-state index contributed by atoms with van der Waals surface area (Å²) in [4.78, 5) is 10.6. The van der Waals surface area contributed by atoms with Gasteiger partial charge in [-0.25, -0.2) is 9.18 Å². The summed E-state index contributed by atoms with van der Waals surface area (Å²) < 4.78 is 18.1. The normalized spacial score (nSPS) is 14.2. The lowest BCUT2D eigenvalue weighted by Crippen LogP contribution is -2.24. The highest BCUT2D eigenvalue weighted by Gasteiger charge is 2.16. The molecule has 1 unspecified atom stereocenters. The highest BCUT2D eigenvalue weighted by Crippen LogP contribution is 2.25. The van der Waals surface area contributed by atoms with E-state index < -0.39 is 17.9 Å². The molecule has 0 saturated carbocycles.